The lowest BCUT2D eigenvalue weighted by Gasteiger charge is -2.39. The van der Waals surface area contributed by atoms with Crippen LogP contribution in [0.2, 0.25) is 5.02 Å². The zero-order valence-corrected chi connectivity index (χ0v) is 14.5. The van der Waals surface area contributed by atoms with E-state index in [-0.39, 0.29) is 17.7 Å². The molecule has 0 aromatic heterocycles. The molecule has 0 spiro atoms. The van der Waals surface area contributed by atoms with Gasteiger partial charge in [0.2, 0.25) is 5.91 Å². The van der Waals surface area contributed by atoms with E-state index < -0.39 is 11.1 Å². The predicted molar refractivity (Wildman–Crippen MR) is 87.6 cm³/mol. The Bertz CT molecular complexity index is 487. The number of benzene rings is 1. The Hall–Kier alpha value is -1.06. The largest absolute Gasteiger partial charge is 0.388 e. The number of carbonyl (C=O) groups is 1. The highest BCUT2D eigenvalue weighted by Crippen LogP contribution is 2.28. The molecule has 1 amide bonds. The summed E-state index contributed by atoms with van der Waals surface area (Å²) in [5.74, 6) is -0.216. The van der Waals surface area contributed by atoms with Gasteiger partial charge in [0.1, 0.15) is 0 Å². The van der Waals surface area contributed by atoms with Crippen LogP contribution in [0.1, 0.15) is 53.0 Å². The number of rotatable bonds is 5. The maximum Gasteiger partial charge on any atom is 0.228 e. The summed E-state index contributed by atoms with van der Waals surface area (Å²) in [5, 5.41) is 13.8. The van der Waals surface area contributed by atoms with Gasteiger partial charge in [-0.3, -0.25) is 4.79 Å². The molecule has 3 nitrogen and oxygen atoms in total. The number of aliphatic hydroxyl groups is 1. The fourth-order valence-corrected chi connectivity index (χ4v) is 2.17. The molecule has 0 fully saturated rings. The van der Waals surface area contributed by atoms with Crippen molar-refractivity contribution in [2.45, 2.75) is 58.6 Å². The normalized spacial score (nSPS) is 14.1. The maximum atomic E-state index is 12.7. The Balaban J connectivity index is 3.02. The first kappa shape index (κ1) is 18.0. The van der Waals surface area contributed by atoms with Crippen LogP contribution < -0.4 is 5.32 Å². The molecule has 1 atom stereocenters. The van der Waals surface area contributed by atoms with Gasteiger partial charge in [-0.05, 0) is 51.3 Å². The molecule has 0 radical (unpaired) electrons. The zero-order valence-electron chi connectivity index (χ0n) is 13.7. The van der Waals surface area contributed by atoms with Crippen molar-refractivity contribution in [1.82, 2.24) is 5.32 Å². The first-order valence-electron chi connectivity index (χ1n) is 7.25. The van der Waals surface area contributed by atoms with E-state index in [1.54, 1.807) is 26.0 Å². The van der Waals surface area contributed by atoms with Gasteiger partial charge in [-0.25, -0.2) is 0 Å². The Labute approximate surface area is 132 Å². The highest BCUT2D eigenvalue weighted by molar-refractivity contribution is 6.30. The van der Waals surface area contributed by atoms with Gasteiger partial charge in [0.25, 0.3) is 0 Å². The SMILES string of the molecule is CC(C)C(C(=O)NC(C)(C)C(C)(C)O)c1ccc(Cl)cc1. The number of carbonyl (C=O) groups excluding carboxylic acids is 1. The number of amides is 1. The molecular formula is C17H26ClNO2. The number of nitrogens with one attached hydrogen (secondary N) is 1. The molecule has 1 rings (SSSR count). The van der Waals surface area contributed by atoms with E-state index in [0.717, 1.165) is 5.56 Å². The minimum atomic E-state index is -1.01. The third kappa shape index (κ3) is 4.45. The topological polar surface area (TPSA) is 49.3 Å². The van der Waals surface area contributed by atoms with Crippen molar-refractivity contribution >= 4 is 17.5 Å². The van der Waals surface area contributed by atoms with Gasteiger partial charge in [0.05, 0.1) is 17.1 Å². The lowest BCUT2D eigenvalue weighted by atomic mass is 9.83. The molecule has 0 aliphatic heterocycles. The van der Waals surface area contributed by atoms with Crippen LogP contribution >= 0.6 is 11.6 Å². The van der Waals surface area contributed by atoms with E-state index in [9.17, 15) is 9.90 Å². The quantitative estimate of drug-likeness (QED) is 0.870. The summed E-state index contributed by atoms with van der Waals surface area (Å²) in [6, 6.07) is 7.34. The molecule has 1 unspecified atom stereocenters. The van der Waals surface area contributed by atoms with Crippen LogP contribution in [0.4, 0.5) is 0 Å². The van der Waals surface area contributed by atoms with Crippen molar-refractivity contribution in [1.29, 1.82) is 0 Å². The van der Waals surface area contributed by atoms with Crippen molar-refractivity contribution in [2.24, 2.45) is 5.92 Å². The van der Waals surface area contributed by atoms with Crippen LogP contribution in [0.5, 0.6) is 0 Å². The summed E-state index contributed by atoms with van der Waals surface area (Å²) in [4.78, 5) is 12.7. The van der Waals surface area contributed by atoms with Crippen molar-refractivity contribution < 1.29 is 9.90 Å². The van der Waals surface area contributed by atoms with E-state index >= 15 is 0 Å². The summed E-state index contributed by atoms with van der Waals surface area (Å²) >= 11 is 5.91. The molecule has 0 bridgehead atoms. The summed E-state index contributed by atoms with van der Waals surface area (Å²) in [6.07, 6.45) is 0. The molecule has 21 heavy (non-hydrogen) atoms. The second-order valence-corrected chi connectivity index (χ2v) is 7.38. The average molecular weight is 312 g/mol. The fourth-order valence-electron chi connectivity index (χ4n) is 2.05. The zero-order chi connectivity index (χ0) is 16.4. The molecule has 2 N–H and O–H groups in total. The van der Waals surface area contributed by atoms with E-state index in [1.807, 2.05) is 39.8 Å². The van der Waals surface area contributed by atoms with Crippen LogP contribution in [0.25, 0.3) is 0 Å². The number of halogens is 1. The lowest BCUT2D eigenvalue weighted by molar-refractivity contribution is -0.128. The third-order valence-electron chi connectivity index (χ3n) is 4.14. The smallest absolute Gasteiger partial charge is 0.228 e. The highest BCUT2D eigenvalue weighted by Gasteiger charge is 2.38. The van der Waals surface area contributed by atoms with Gasteiger partial charge >= 0.3 is 0 Å². The molecule has 1 aromatic carbocycles. The molecule has 1 aromatic rings. The maximum absolute atomic E-state index is 12.7. The number of hydrogen-bond donors (Lipinski definition) is 2. The minimum Gasteiger partial charge on any atom is -0.388 e. The number of hydrogen-bond acceptors (Lipinski definition) is 2. The third-order valence-corrected chi connectivity index (χ3v) is 4.40. The van der Waals surface area contributed by atoms with Gasteiger partial charge in [0.15, 0.2) is 0 Å². The second-order valence-electron chi connectivity index (χ2n) is 6.95. The highest BCUT2D eigenvalue weighted by atomic mass is 35.5. The molecule has 0 saturated carbocycles. The minimum absolute atomic E-state index is 0.0838. The standard InChI is InChI=1S/C17H26ClNO2/c1-11(2)14(12-7-9-13(18)10-8-12)15(20)19-16(3,4)17(5,6)21/h7-11,14,21H,1-6H3,(H,19,20). The van der Waals surface area contributed by atoms with E-state index in [1.165, 1.54) is 0 Å². The second kappa shape index (κ2) is 6.37. The molecule has 118 valence electrons. The predicted octanol–water partition coefficient (Wildman–Crippen LogP) is 3.75. The molecule has 0 aliphatic rings. The summed E-state index contributed by atoms with van der Waals surface area (Å²) in [6.45, 7) is 11.1. The van der Waals surface area contributed by atoms with Gasteiger partial charge in [-0.2, -0.15) is 0 Å². The van der Waals surface area contributed by atoms with Gasteiger partial charge in [-0.1, -0.05) is 37.6 Å². The Morgan fingerprint density at radius 2 is 1.62 bits per heavy atom. The fraction of sp³-hybridized carbons (Fsp3) is 0.588. The van der Waals surface area contributed by atoms with E-state index in [2.05, 4.69) is 5.32 Å². The first-order chi connectivity index (χ1) is 9.45. The molecular weight excluding hydrogens is 286 g/mol. The Morgan fingerprint density at radius 1 is 1.14 bits per heavy atom. The average Bonchev–Trinajstić information content (AvgIpc) is 2.29. The van der Waals surface area contributed by atoms with Crippen LogP contribution in [0, 0.1) is 5.92 Å². The van der Waals surface area contributed by atoms with Crippen LogP contribution in [0.3, 0.4) is 0 Å². The van der Waals surface area contributed by atoms with Crippen molar-refractivity contribution in [3.05, 3.63) is 34.9 Å². The molecule has 0 aliphatic carbocycles. The molecule has 0 heterocycles. The van der Waals surface area contributed by atoms with Crippen molar-refractivity contribution in [2.75, 3.05) is 0 Å². The monoisotopic (exact) mass is 311 g/mol. The van der Waals surface area contributed by atoms with Gasteiger partial charge < -0.3 is 10.4 Å². The summed E-state index contributed by atoms with van der Waals surface area (Å²) in [7, 11) is 0. The molecule has 0 saturated heterocycles. The van der Waals surface area contributed by atoms with Crippen LogP contribution in [0.15, 0.2) is 24.3 Å². The summed E-state index contributed by atoms with van der Waals surface area (Å²) in [5.41, 5.74) is -0.799. The van der Waals surface area contributed by atoms with Gasteiger partial charge in [-0.15, -0.1) is 0 Å². The molecule has 4 heteroatoms. The van der Waals surface area contributed by atoms with Gasteiger partial charge in [0, 0.05) is 5.02 Å². The first-order valence-corrected chi connectivity index (χ1v) is 7.63. The van der Waals surface area contributed by atoms with Crippen LogP contribution in [-0.2, 0) is 4.79 Å². The Morgan fingerprint density at radius 3 is 2.00 bits per heavy atom. The van der Waals surface area contributed by atoms with E-state index in [4.69, 9.17) is 11.6 Å². The van der Waals surface area contributed by atoms with Crippen molar-refractivity contribution in [3.63, 3.8) is 0 Å². The van der Waals surface area contributed by atoms with Crippen molar-refractivity contribution in [3.8, 4) is 0 Å². The van der Waals surface area contributed by atoms with E-state index in [0.29, 0.717) is 5.02 Å². The lowest BCUT2D eigenvalue weighted by Crippen LogP contribution is -2.58. The summed E-state index contributed by atoms with van der Waals surface area (Å²) < 4.78 is 0. The van der Waals surface area contributed by atoms with Crippen LogP contribution in [-0.4, -0.2) is 22.2 Å². The Kier molecular flexibility index (Phi) is 5.46.